The van der Waals surface area contributed by atoms with Gasteiger partial charge in [0.05, 0.1) is 20.8 Å². The first-order chi connectivity index (χ1) is 15.3. The molecule has 0 spiro atoms. The highest BCUT2D eigenvalue weighted by Crippen LogP contribution is 2.27. The zero-order valence-electron chi connectivity index (χ0n) is 17.5. The van der Waals surface area contributed by atoms with Gasteiger partial charge < -0.3 is 9.88 Å². The molecule has 0 fully saturated rings. The molecule has 0 aliphatic carbocycles. The van der Waals surface area contributed by atoms with Gasteiger partial charge in [0.1, 0.15) is 6.54 Å². The Morgan fingerprint density at radius 1 is 1.03 bits per heavy atom. The summed E-state index contributed by atoms with van der Waals surface area (Å²) in [5, 5.41) is 2.76. The van der Waals surface area contributed by atoms with Crippen LogP contribution < -0.4 is 14.5 Å². The number of sulfonamides is 1. The van der Waals surface area contributed by atoms with E-state index < -0.39 is 22.5 Å². The van der Waals surface area contributed by atoms with Crippen LogP contribution in [0.4, 0.5) is 11.4 Å². The summed E-state index contributed by atoms with van der Waals surface area (Å²) in [6.45, 7) is 1.40. The Labute approximate surface area is 189 Å². The number of anilines is 2. The van der Waals surface area contributed by atoms with Crippen molar-refractivity contribution in [1.82, 2.24) is 4.57 Å². The van der Waals surface area contributed by atoms with E-state index in [4.69, 9.17) is 0 Å². The highest BCUT2D eigenvalue weighted by Gasteiger charge is 2.28. The largest absolute Gasteiger partial charge is 0.324 e. The highest BCUT2D eigenvalue weighted by molar-refractivity contribution is 7.92. The molecular weight excluding hydrogens is 446 g/mol. The van der Waals surface area contributed by atoms with E-state index in [-0.39, 0.29) is 9.77 Å². The molecule has 0 saturated carbocycles. The van der Waals surface area contributed by atoms with Gasteiger partial charge >= 0.3 is 4.87 Å². The maximum Gasteiger partial charge on any atom is 0.307 e. The summed E-state index contributed by atoms with van der Waals surface area (Å²) >= 11 is 1.08. The lowest BCUT2D eigenvalue weighted by Gasteiger charge is -2.25. The van der Waals surface area contributed by atoms with Gasteiger partial charge in [-0.1, -0.05) is 47.7 Å². The minimum absolute atomic E-state index is 0.0943. The Morgan fingerprint density at radius 2 is 1.72 bits per heavy atom. The van der Waals surface area contributed by atoms with Crippen LogP contribution >= 0.6 is 11.3 Å². The van der Waals surface area contributed by atoms with Crippen molar-refractivity contribution in [3.05, 3.63) is 88.0 Å². The Kier molecular flexibility index (Phi) is 5.86. The fourth-order valence-electron chi connectivity index (χ4n) is 3.41. The zero-order chi connectivity index (χ0) is 22.9. The van der Waals surface area contributed by atoms with Crippen LogP contribution in [0.15, 0.2) is 82.5 Å². The van der Waals surface area contributed by atoms with Crippen molar-refractivity contribution in [3.63, 3.8) is 0 Å². The maximum absolute atomic E-state index is 13.4. The van der Waals surface area contributed by atoms with Crippen molar-refractivity contribution in [2.45, 2.75) is 11.8 Å². The fraction of sp³-hybridized carbons (Fsp3) is 0.130. The predicted molar refractivity (Wildman–Crippen MR) is 128 cm³/mol. The minimum Gasteiger partial charge on any atom is -0.324 e. The maximum atomic E-state index is 13.4. The average molecular weight is 468 g/mol. The van der Waals surface area contributed by atoms with Crippen molar-refractivity contribution in [2.75, 3.05) is 16.2 Å². The summed E-state index contributed by atoms with van der Waals surface area (Å²) in [4.78, 5) is 24.8. The van der Waals surface area contributed by atoms with Gasteiger partial charge in [-0.25, -0.2) is 8.42 Å². The number of aryl methyl sites for hydroxylation is 2. The third-order valence-electron chi connectivity index (χ3n) is 5.08. The van der Waals surface area contributed by atoms with Gasteiger partial charge in [0.15, 0.2) is 0 Å². The number of benzene rings is 3. The summed E-state index contributed by atoms with van der Waals surface area (Å²) in [7, 11) is -2.28. The van der Waals surface area contributed by atoms with E-state index in [1.165, 1.54) is 16.7 Å². The Bertz CT molecular complexity index is 1460. The molecule has 9 heteroatoms. The predicted octanol–water partition coefficient (Wildman–Crippen LogP) is 3.74. The molecule has 0 unspecified atom stereocenters. The number of amides is 1. The smallest absolute Gasteiger partial charge is 0.307 e. The number of hydrogen-bond donors (Lipinski definition) is 1. The number of hydrogen-bond acceptors (Lipinski definition) is 5. The first-order valence-corrected chi connectivity index (χ1v) is 12.1. The molecule has 1 heterocycles. The molecule has 0 bridgehead atoms. The number of carbonyl (C=O) groups is 1. The lowest BCUT2D eigenvalue weighted by atomic mass is 10.2. The lowest BCUT2D eigenvalue weighted by molar-refractivity contribution is -0.114. The van der Waals surface area contributed by atoms with Gasteiger partial charge in [0.2, 0.25) is 5.91 Å². The third-order valence-corrected chi connectivity index (χ3v) is 7.85. The topological polar surface area (TPSA) is 88.5 Å². The molecule has 1 N–H and O–H groups in total. The summed E-state index contributed by atoms with van der Waals surface area (Å²) in [5.74, 6) is -0.490. The Morgan fingerprint density at radius 3 is 2.44 bits per heavy atom. The second-order valence-electron chi connectivity index (χ2n) is 7.27. The van der Waals surface area contributed by atoms with E-state index in [1.807, 2.05) is 6.07 Å². The molecule has 1 aromatic heterocycles. The highest BCUT2D eigenvalue weighted by atomic mass is 32.2. The molecule has 7 nitrogen and oxygen atoms in total. The lowest BCUT2D eigenvalue weighted by Crippen LogP contribution is -2.38. The monoisotopic (exact) mass is 467 g/mol. The van der Waals surface area contributed by atoms with Crippen LogP contribution in [0.25, 0.3) is 10.2 Å². The molecule has 3 aromatic carbocycles. The van der Waals surface area contributed by atoms with Crippen molar-refractivity contribution in [3.8, 4) is 0 Å². The van der Waals surface area contributed by atoms with Gasteiger partial charge in [-0.2, -0.15) is 0 Å². The molecule has 164 valence electrons. The minimum atomic E-state index is -3.97. The van der Waals surface area contributed by atoms with Crippen LogP contribution in [0.3, 0.4) is 0 Å². The van der Waals surface area contributed by atoms with Crippen molar-refractivity contribution < 1.29 is 13.2 Å². The molecule has 0 saturated heterocycles. The van der Waals surface area contributed by atoms with E-state index in [0.717, 1.165) is 31.4 Å². The van der Waals surface area contributed by atoms with Crippen LogP contribution in [-0.2, 0) is 21.9 Å². The number of nitrogens with zero attached hydrogens (tertiary/aromatic N) is 2. The van der Waals surface area contributed by atoms with Crippen LogP contribution in [0, 0.1) is 6.92 Å². The van der Waals surface area contributed by atoms with Crippen LogP contribution in [0.5, 0.6) is 0 Å². The second kappa shape index (κ2) is 8.60. The summed E-state index contributed by atoms with van der Waals surface area (Å²) in [6.07, 6.45) is 0. The van der Waals surface area contributed by atoms with E-state index in [9.17, 15) is 18.0 Å². The van der Waals surface area contributed by atoms with Gasteiger partial charge in [-0.3, -0.25) is 13.9 Å². The SMILES string of the molecule is Cc1ccccc1N(CC(=O)Nc1ccc2c(c1)sc(=O)n2C)S(=O)(=O)c1ccccc1. The van der Waals surface area contributed by atoms with Gasteiger partial charge in [-0.05, 0) is 48.9 Å². The number of nitrogens with one attached hydrogen (secondary N) is 1. The Balaban J connectivity index is 1.66. The third kappa shape index (κ3) is 4.17. The average Bonchev–Trinajstić information content (AvgIpc) is 3.06. The molecular formula is C23H21N3O4S2. The first-order valence-electron chi connectivity index (χ1n) is 9.80. The number of thiazole rings is 1. The summed E-state index contributed by atoms with van der Waals surface area (Å²) in [6, 6.07) is 20.2. The Hall–Kier alpha value is -3.43. The molecule has 0 radical (unpaired) electrons. The number of carbonyl (C=O) groups excluding carboxylic acids is 1. The molecule has 4 aromatic rings. The zero-order valence-corrected chi connectivity index (χ0v) is 19.1. The van der Waals surface area contributed by atoms with Crippen LogP contribution in [0.2, 0.25) is 0 Å². The molecule has 0 aliphatic rings. The number of para-hydroxylation sites is 1. The van der Waals surface area contributed by atoms with E-state index in [0.29, 0.717) is 11.4 Å². The first kappa shape index (κ1) is 21.8. The molecule has 0 aliphatic heterocycles. The normalized spacial score (nSPS) is 11.4. The van der Waals surface area contributed by atoms with Gasteiger partial charge in [0, 0.05) is 12.7 Å². The second-order valence-corrected chi connectivity index (χ2v) is 10.1. The van der Waals surface area contributed by atoms with Crippen LogP contribution in [-0.4, -0.2) is 25.4 Å². The van der Waals surface area contributed by atoms with Gasteiger partial charge in [0.25, 0.3) is 10.0 Å². The van der Waals surface area contributed by atoms with Crippen molar-refractivity contribution >= 4 is 48.9 Å². The van der Waals surface area contributed by atoms with Crippen molar-refractivity contribution in [2.24, 2.45) is 7.05 Å². The quantitative estimate of drug-likeness (QED) is 0.468. The van der Waals surface area contributed by atoms with Gasteiger partial charge in [-0.15, -0.1) is 0 Å². The molecule has 32 heavy (non-hydrogen) atoms. The summed E-state index contributed by atoms with van der Waals surface area (Å²) < 4.78 is 30.2. The fourth-order valence-corrected chi connectivity index (χ4v) is 5.83. The summed E-state index contributed by atoms with van der Waals surface area (Å²) in [5.41, 5.74) is 2.43. The van der Waals surface area contributed by atoms with E-state index in [2.05, 4.69) is 5.32 Å². The molecule has 4 rings (SSSR count). The molecule has 0 atom stereocenters. The number of aromatic nitrogens is 1. The van der Waals surface area contributed by atoms with Crippen LogP contribution in [0.1, 0.15) is 5.56 Å². The van der Waals surface area contributed by atoms with E-state index in [1.54, 1.807) is 68.6 Å². The number of fused-ring (bicyclic) bond motifs is 1. The number of rotatable bonds is 6. The molecule has 1 amide bonds. The van der Waals surface area contributed by atoms with Crippen molar-refractivity contribution in [1.29, 1.82) is 0 Å². The standard InChI is InChI=1S/C23H21N3O4S2/c1-16-8-6-7-11-19(16)26(32(29,30)18-9-4-3-5-10-18)15-22(27)24-17-12-13-20-21(14-17)31-23(28)25(20)2/h3-14H,15H2,1-2H3,(H,24,27). The van der Waals surface area contributed by atoms with E-state index >= 15 is 0 Å².